The minimum Gasteiger partial charge on any atom is -0.396 e. The summed E-state index contributed by atoms with van der Waals surface area (Å²) >= 11 is 0. The molecule has 2 unspecified atom stereocenters. The van der Waals surface area contributed by atoms with Crippen molar-refractivity contribution in [2.75, 3.05) is 39.6 Å². The molecule has 0 aromatic heterocycles. The molecular weight excluding hydrogens is 332 g/mol. The first-order valence-corrected chi connectivity index (χ1v) is 10.9. The van der Waals surface area contributed by atoms with E-state index in [-0.39, 0.29) is 0 Å². The number of aliphatic hydroxyl groups is 2. The maximum absolute atomic E-state index is 8.63. The molecule has 2 saturated heterocycles. The fourth-order valence-corrected chi connectivity index (χ4v) is 2.83. The van der Waals surface area contributed by atoms with E-state index in [1.54, 1.807) is 0 Å². The molecule has 156 valence electrons. The quantitative estimate of drug-likeness (QED) is 0.282. The summed E-state index contributed by atoms with van der Waals surface area (Å²) in [6.07, 6.45) is 17.3. The van der Waals surface area contributed by atoms with Gasteiger partial charge in [-0.05, 0) is 12.8 Å². The lowest BCUT2D eigenvalue weighted by Gasteiger charge is -2.02. The first kappa shape index (κ1) is 23.8. The Morgan fingerprint density at radius 1 is 0.538 bits per heavy atom. The molecule has 2 heterocycles. The van der Waals surface area contributed by atoms with E-state index in [0.29, 0.717) is 25.4 Å². The molecule has 2 atom stereocenters. The van der Waals surface area contributed by atoms with Crippen LogP contribution >= 0.6 is 0 Å². The van der Waals surface area contributed by atoms with Crippen LogP contribution in [0.15, 0.2) is 0 Å². The van der Waals surface area contributed by atoms with Gasteiger partial charge in [-0.2, -0.15) is 0 Å². The zero-order valence-electron chi connectivity index (χ0n) is 16.7. The van der Waals surface area contributed by atoms with E-state index < -0.39 is 0 Å². The molecule has 2 rings (SSSR count). The van der Waals surface area contributed by atoms with E-state index in [1.165, 1.54) is 70.6 Å². The van der Waals surface area contributed by atoms with Gasteiger partial charge in [0, 0.05) is 13.2 Å². The molecule has 2 aliphatic heterocycles. The number of rotatable bonds is 18. The Hall–Kier alpha value is -0.200. The lowest BCUT2D eigenvalue weighted by Crippen LogP contribution is -2.06. The molecular formula is C21H42O5. The monoisotopic (exact) mass is 374 g/mol. The Labute approximate surface area is 160 Å². The van der Waals surface area contributed by atoms with Crippen LogP contribution in [0.25, 0.3) is 0 Å². The van der Waals surface area contributed by atoms with E-state index in [1.807, 2.05) is 0 Å². The maximum atomic E-state index is 8.63. The fraction of sp³-hybridized carbons (Fsp3) is 1.00. The Bertz CT molecular complexity index is 254. The van der Waals surface area contributed by atoms with Crippen molar-refractivity contribution >= 4 is 0 Å². The number of unbranched alkanes of at least 4 members (excludes halogenated alkanes) is 12. The zero-order chi connectivity index (χ0) is 18.7. The highest BCUT2D eigenvalue weighted by molar-refractivity contribution is 4.71. The first-order valence-electron chi connectivity index (χ1n) is 10.9. The molecule has 0 aromatic rings. The standard InChI is InChI=1S/C15H32O2.C6H10O3/c16-14-12-10-8-6-4-2-1-3-5-7-9-11-13-15-17;1(5-3-8-5)7-2-6-4-9-6/h16-17H,1-15H2;5-6H,1-4H2. The lowest BCUT2D eigenvalue weighted by molar-refractivity contribution is 0.102. The van der Waals surface area contributed by atoms with Crippen molar-refractivity contribution in [2.24, 2.45) is 0 Å². The van der Waals surface area contributed by atoms with Crippen LogP contribution < -0.4 is 0 Å². The minimum atomic E-state index is 0.357. The van der Waals surface area contributed by atoms with Crippen LogP contribution in [0.1, 0.15) is 83.5 Å². The van der Waals surface area contributed by atoms with Crippen LogP contribution in [0.2, 0.25) is 0 Å². The summed E-state index contributed by atoms with van der Waals surface area (Å²) in [5.74, 6) is 0. The SMILES string of the molecule is C(OCC1CO1)C1CO1.OCCCCCCCCCCCCCCCO. The summed E-state index contributed by atoms with van der Waals surface area (Å²) in [6, 6.07) is 0. The second kappa shape index (κ2) is 18.2. The van der Waals surface area contributed by atoms with Gasteiger partial charge in [-0.25, -0.2) is 0 Å². The van der Waals surface area contributed by atoms with Gasteiger partial charge in [0.05, 0.1) is 26.4 Å². The fourth-order valence-electron chi connectivity index (χ4n) is 2.83. The van der Waals surface area contributed by atoms with Crippen LogP contribution in [0.4, 0.5) is 0 Å². The largest absolute Gasteiger partial charge is 0.396 e. The van der Waals surface area contributed by atoms with Gasteiger partial charge in [-0.1, -0.05) is 70.6 Å². The third kappa shape index (κ3) is 18.6. The van der Waals surface area contributed by atoms with Crippen molar-refractivity contribution in [3.05, 3.63) is 0 Å². The van der Waals surface area contributed by atoms with Gasteiger partial charge >= 0.3 is 0 Å². The Kier molecular flexibility index (Phi) is 16.7. The molecule has 5 nitrogen and oxygen atoms in total. The third-order valence-corrected chi connectivity index (χ3v) is 4.73. The van der Waals surface area contributed by atoms with Gasteiger partial charge in [0.25, 0.3) is 0 Å². The summed E-state index contributed by atoms with van der Waals surface area (Å²) in [7, 11) is 0. The molecule has 26 heavy (non-hydrogen) atoms. The van der Waals surface area contributed by atoms with Gasteiger partial charge in [0.15, 0.2) is 0 Å². The van der Waals surface area contributed by atoms with Crippen molar-refractivity contribution in [3.8, 4) is 0 Å². The van der Waals surface area contributed by atoms with Crippen LogP contribution in [-0.4, -0.2) is 62.1 Å². The van der Waals surface area contributed by atoms with Gasteiger partial charge in [-0.3, -0.25) is 0 Å². The first-order chi connectivity index (χ1) is 12.9. The van der Waals surface area contributed by atoms with Crippen molar-refractivity contribution < 1.29 is 24.4 Å². The average Bonchev–Trinajstić information content (AvgIpc) is 3.55. The second-order valence-electron chi connectivity index (χ2n) is 7.49. The third-order valence-electron chi connectivity index (χ3n) is 4.73. The van der Waals surface area contributed by atoms with E-state index >= 15 is 0 Å². The molecule has 0 radical (unpaired) electrons. The Morgan fingerprint density at radius 3 is 1.04 bits per heavy atom. The molecule has 0 aliphatic carbocycles. The molecule has 0 aromatic carbocycles. The second-order valence-corrected chi connectivity index (χ2v) is 7.49. The van der Waals surface area contributed by atoms with Crippen LogP contribution in [0.5, 0.6) is 0 Å². The normalized spacial score (nSPS) is 20.5. The van der Waals surface area contributed by atoms with Crippen molar-refractivity contribution in [1.82, 2.24) is 0 Å². The van der Waals surface area contributed by atoms with Crippen molar-refractivity contribution in [2.45, 2.75) is 95.7 Å². The highest BCUT2D eigenvalue weighted by Crippen LogP contribution is 2.13. The molecule has 2 fully saturated rings. The Balaban J connectivity index is 0.000000308. The van der Waals surface area contributed by atoms with Crippen molar-refractivity contribution in [1.29, 1.82) is 0 Å². The molecule has 0 bridgehead atoms. The minimum absolute atomic E-state index is 0.357. The van der Waals surface area contributed by atoms with Crippen molar-refractivity contribution in [3.63, 3.8) is 0 Å². The number of hydrogen-bond donors (Lipinski definition) is 2. The number of epoxide rings is 2. The molecule has 0 saturated carbocycles. The maximum Gasteiger partial charge on any atom is 0.104 e. The van der Waals surface area contributed by atoms with Gasteiger partial charge in [0.2, 0.25) is 0 Å². The van der Waals surface area contributed by atoms with Crippen LogP contribution in [0.3, 0.4) is 0 Å². The molecule has 2 aliphatic rings. The molecule has 2 N–H and O–H groups in total. The van der Waals surface area contributed by atoms with E-state index in [4.69, 9.17) is 24.4 Å². The summed E-state index contributed by atoms with van der Waals surface area (Å²) in [5, 5.41) is 17.3. The molecule has 5 heteroatoms. The highest BCUT2D eigenvalue weighted by atomic mass is 16.6. The molecule has 0 spiro atoms. The Morgan fingerprint density at radius 2 is 0.808 bits per heavy atom. The van der Waals surface area contributed by atoms with Crippen LogP contribution in [-0.2, 0) is 14.2 Å². The van der Waals surface area contributed by atoms with E-state index in [2.05, 4.69) is 0 Å². The number of hydrogen-bond acceptors (Lipinski definition) is 5. The van der Waals surface area contributed by atoms with Crippen LogP contribution in [0, 0.1) is 0 Å². The highest BCUT2D eigenvalue weighted by Gasteiger charge is 2.26. The number of aliphatic hydroxyl groups excluding tert-OH is 2. The zero-order valence-corrected chi connectivity index (χ0v) is 16.7. The number of ether oxygens (including phenoxy) is 3. The summed E-state index contributed by atoms with van der Waals surface area (Å²) < 4.78 is 15.1. The summed E-state index contributed by atoms with van der Waals surface area (Å²) in [4.78, 5) is 0. The van der Waals surface area contributed by atoms with Gasteiger partial charge in [0.1, 0.15) is 12.2 Å². The summed E-state index contributed by atoms with van der Waals surface area (Å²) in [5.41, 5.74) is 0. The summed E-state index contributed by atoms with van der Waals surface area (Å²) in [6.45, 7) is 3.98. The van der Waals surface area contributed by atoms with E-state index in [0.717, 1.165) is 39.3 Å². The topological polar surface area (TPSA) is 74.8 Å². The predicted octanol–water partition coefficient (Wildman–Crippen LogP) is 3.84. The smallest absolute Gasteiger partial charge is 0.104 e. The van der Waals surface area contributed by atoms with Gasteiger partial charge < -0.3 is 24.4 Å². The molecule has 0 amide bonds. The predicted molar refractivity (Wildman–Crippen MR) is 104 cm³/mol. The average molecular weight is 375 g/mol. The van der Waals surface area contributed by atoms with E-state index in [9.17, 15) is 0 Å². The van der Waals surface area contributed by atoms with Gasteiger partial charge in [-0.15, -0.1) is 0 Å². The lowest BCUT2D eigenvalue weighted by atomic mass is 10.0.